The zero-order valence-corrected chi connectivity index (χ0v) is 13.3. The van der Waals surface area contributed by atoms with Crippen molar-refractivity contribution in [2.24, 2.45) is 0 Å². The molecule has 0 saturated carbocycles. The average Bonchev–Trinajstić information content (AvgIpc) is 2.41. The summed E-state index contributed by atoms with van der Waals surface area (Å²) in [5, 5.41) is 8.67. The minimum atomic E-state index is 0.339. The Balaban J connectivity index is 3.10. The fourth-order valence-corrected chi connectivity index (χ4v) is 2.32. The summed E-state index contributed by atoms with van der Waals surface area (Å²) in [5.74, 6) is 0. The van der Waals surface area contributed by atoms with Crippen LogP contribution in [0.5, 0.6) is 0 Å². The molecule has 0 aliphatic carbocycles. The molecule has 0 aromatic rings. The lowest BCUT2D eigenvalue weighted by Crippen LogP contribution is -2.09. The molecule has 116 valence electrons. The van der Waals surface area contributed by atoms with Gasteiger partial charge >= 0.3 is 0 Å². The minimum Gasteiger partial charge on any atom is -0.396 e. The van der Waals surface area contributed by atoms with Gasteiger partial charge in [0.15, 0.2) is 0 Å². The summed E-state index contributed by atoms with van der Waals surface area (Å²) in [5.41, 5.74) is 0. The largest absolute Gasteiger partial charge is 0.396 e. The highest BCUT2D eigenvalue weighted by Crippen LogP contribution is 2.11. The van der Waals surface area contributed by atoms with E-state index in [1.165, 1.54) is 64.2 Å². The van der Waals surface area contributed by atoms with Gasteiger partial charge in [0.1, 0.15) is 0 Å². The van der Waals surface area contributed by atoms with E-state index in [0.717, 1.165) is 19.4 Å². The third-order valence-electron chi connectivity index (χ3n) is 3.67. The molecule has 0 radical (unpaired) electrons. The van der Waals surface area contributed by atoms with Gasteiger partial charge in [0.2, 0.25) is 0 Å². The van der Waals surface area contributed by atoms with Crippen LogP contribution in [-0.2, 0) is 4.74 Å². The van der Waals surface area contributed by atoms with Gasteiger partial charge in [-0.2, -0.15) is 0 Å². The van der Waals surface area contributed by atoms with Crippen LogP contribution >= 0.6 is 0 Å². The Morgan fingerprint density at radius 1 is 0.789 bits per heavy atom. The number of unbranched alkanes of at least 4 members (excludes halogenated alkanes) is 9. The Hall–Kier alpha value is -0.0800. The first-order valence-electron chi connectivity index (χ1n) is 8.53. The van der Waals surface area contributed by atoms with Crippen LogP contribution in [0.1, 0.15) is 90.9 Å². The summed E-state index contributed by atoms with van der Waals surface area (Å²) in [6.07, 6.45) is 15.6. The fraction of sp³-hybridized carbons (Fsp3) is 1.00. The Kier molecular flexibility index (Phi) is 15.9. The molecule has 0 fully saturated rings. The van der Waals surface area contributed by atoms with Crippen LogP contribution in [0.4, 0.5) is 0 Å². The molecule has 2 heteroatoms. The number of ether oxygens (including phenoxy) is 1. The van der Waals surface area contributed by atoms with E-state index >= 15 is 0 Å². The number of hydrogen-bond acceptors (Lipinski definition) is 2. The summed E-state index contributed by atoms with van der Waals surface area (Å²) in [6.45, 7) is 5.72. The summed E-state index contributed by atoms with van der Waals surface area (Å²) in [7, 11) is 0. The highest BCUT2D eigenvalue weighted by Gasteiger charge is 2.01. The molecule has 1 atom stereocenters. The fourth-order valence-electron chi connectivity index (χ4n) is 2.32. The molecule has 0 saturated heterocycles. The van der Waals surface area contributed by atoms with E-state index in [-0.39, 0.29) is 0 Å². The monoisotopic (exact) mass is 272 g/mol. The van der Waals surface area contributed by atoms with Gasteiger partial charge in [-0.1, -0.05) is 64.7 Å². The Morgan fingerprint density at radius 3 is 2.05 bits per heavy atom. The van der Waals surface area contributed by atoms with Gasteiger partial charge in [-0.15, -0.1) is 0 Å². The summed E-state index contributed by atoms with van der Waals surface area (Å²) < 4.78 is 5.83. The third-order valence-corrected chi connectivity index (χ3v) is 3.67. The predicted octanol–water partition coefficient (Wildman–Crippen LogP) is 5.08. The summed E-state index contributed by atoms with van der Waals surface area (Å²) in [6, 6.07) is 0. The number of rotatable bonds is 15. The maximum absolute atomic E-state index is 8.67. The quantitative estimate of drug-likeness (QED) is 0.421. The third kappa shape index (κ3) is 15.9. The number of aliphatic hydroxyl groups is 1. The van der Waals surface area contributed by atoms with Crippen LogP contribution in [0.3, 0.4) is 0 Å². The normalized spacial score (nSPS) is 12.8. The topological polar surface area (TPSA) is 29.5 Å². The molecule has 0 spiro atoms. The lowest BCUT2D eigenvalue weighted by molar-refractivity contribution is 0.0556. The van der Waals surface area contributed by atoms with Crippen LogP contribution in [0.15, 0.2) is 0 Å². The first kappa shape index (κ1) is 18.9. The van der Waals surface area contributed by atoms with Crippen LogP contribution in [0, 0.1) is 0 Å². The highest BCUT2D eigenvalue weighted by atomic mass is 16.5. The van der Waals surface area contributed by atoms with Crippen LogP contribution < -0.4 is 0 Å². The lowest BCUT2D eigenvalue weighted by Gasteiger charge is -2.12. The predicted molar refractivity (Wildman–Crippen MR) is 83.6 cm³/mol. The second kappa shape index (κ2) is 16.0. The van der Waals surface area contributed by atoms with Crippen LogP contribution in [0.25, 0.3) is 0 Å². The second-order valence-electron chi connectivity index (χ2n) is 5.73. The second-order valence-corrected chi connectivity index (χ2v) is 5.73. The summed E-state index contributed by atoms with van der Waals surface area (Å²) >= 11 is 0. The summed E-state index contributed by atoms with van der Waals surface area (Å²) in [4.78, 5) is 0. The van der Waals surface area contributed by atoms with Crippen LogP contribution in [0.2, 0.25) is 0 Å². The molecule has 0 aliphatic heterocycles. The molecule has 0 aromatic heterocycles. The van der Waals surface area contributed by atoms with Crippen LogP contribution in [-0.4, -0.2) is 24.4 Å². The van der Waals surface area contributed by atoms with Crippen molar-refractivity contribution >= 4 is 0 Å². The number of aliphatic hydroxyl groups excluding tert-OH is 1. The molecule has 0 rings (SSSR count). The molecule has 1 unspecified atom stereocenters. The maximum Gasteiger partial charge on any atom is 0.0547 e. The molecule has 1 N–H and O–H groups in total. The minimum absolute atomic E-state index is 0.339. The molecular formula is C17H36O2. The molecular weight excluding hydrogens is 236 g/mol. The molecule has 0 bridgehead atoms. The van der Waals surface area contributed by atoms with E-state index in [0.29, 0.717) is 12.7 Å². The SMILES string of the molecule is CCCCCCCCC(C)OCCCCCCCO. The van der Waals surface area contributed by atoms with Crippen molar-refractivity contribution in [3.05, 3.63) is 0 Å². The van der Waals surface area contributed by atoms with Gasteiger partial charge in [0.25, 0.3) is 0 Å². The van der Waals surface area contributed by atoms with Crippen molar-refractivity contribution in [1.29, 1.82) is 0 Å². The van der Waals surface area contributed by atoms with Gasteiger partial charge < -0.3 is 9.84 Å². The Labute approximate surface area is 120 Å². The van der Waals surface area contributed by atoms with Gasteiger partial charge in [0, 0.05) is 13.2 Å². The number of hydrogen-bond donors (Lipinski definition) is 1. The first-order valence-corrected chi connectivity index (χ1v) is 8.53. The molecule has 0 aromatic carbocycles. The smallest absolute Gasteiger partial charge is 0.0547 e. The van der Waals surface area contributed by atoms with E-state index < -0.39 is 0 Å². The van der Waals surface area contributed by atoms with E-state index in [9.17, 15) is 0 Å². The van der Waals surface area contributed by atoms with E-state index in [1.807, 2.05) is 0 Å². The van der Waals surface area contributed by atoms with Crippen molar-refractivity contribution in [3.63, 3.8) is 0 Å². The van der Waals surface area contributed by atoms with Crippen molar-refractivity contribution < 1.29 is 9.84 Å². The molecule has 0 heterocycles. The standard InChI is InChI=1S/C17H36O2/c1-3-4-5-6-8-11-14-17(2)19-16-13-10-7-9-12-15-18/h17-18H,3-16H2,1-2H3. The first-order chi connectivity index (χ1) is 9.31. The molecule has 0 amide bonds. The molecule has 2 nitrogen and oxygen atoms in total. The Bertz CT molecular complexity index is 159. The van der Waals surface area contributed by atoms with Crippen molar-refractivity contribution in [2.45, 2.75) is 97.0 Å². The van der Waals surface area contributed by atoms with E-state index in [1.54, 1.807) is 0 Å². The lowest BCUT2D eigenvalue weighted by atomic mass is 10.1. The van der Waals surface area contributed by atoms with Gasteiger partial charge in [-0.3, -0.25) is 0 Å². The Morgan fingerprint density at radius 2 is 1.37 bits per heavy atom. The zero-order valence-electron chi connectivity index (χ0n) is 13.3. The van der Waals surface area contributed by atoms with Gasteiger partial charge in [-0.05, 0) is 26.2 Å². The van der Waals surface area contributed by atoms with E-state index in [2.05, 4.69) is 13.8 Å². The van der Waals surface area contributed by atoms with Crippen molar-refractivity contribution in [1.82, 2.24) is 0 Å². The molecule has 0 aliphatic rings. The molecule has 19 heavy (non-hydrogen) atoms. The zero-order chi connectivity index (χ0) is 14.2. The van der Waals surface area contributed by atoms with Crippen molar-refractivity contribution in [3.8, 4) is 0 Å². The maximum atomic E-state index is 8.67. The highest BCUT2D eigenvalue weighted by molar-refractivity contribution is 4.53. The van der Waals surface area contributed by atoms with E-state index in [4.69, 9.17) is 9.84 Å². The van der Waals surface area contributed by atoms with Gasteiger partial charge in [0.05, 0.1) is 6.10 Å². The van der Waals surface area contributed by atoms with Crippen molar-refractivity contribution in [2.75, 3.05) is 13.2 Å². The average molecular weight is 272 g/mol. The van der Waals surface area contributed by atoms with Gasteiger partial charge in [-0.25, -0.2) is 0 Å².